The average Bonchev–Trinajstić information content (AvgIpc) is 3.44. The Morgan fingerprint density at radius 2 is 1.65 bits per heavy atom. The number of amides is 3. The molecule has 0 fully saturated rings. The maximum atomic E-state index is 16.0. The fourth-order valence-electron chi connectivity index (χ4n) is 6.33. The van der Waals surface area contributed by atoms with Crippen molar-refractivity contribution in [3.8, 4) is 11.1 Å². The molecule has 1 aliphatic heterocycles. The van der Waals surface area contributed by atoms with E-state index >= 15 is 4.39 Å². The van der Waals surface area contributed by atoms with E-state index in [-0.39, 0.29) is 43.0 Å². The largest absolute Gasteiger partial charge is 0.466 e. The van der Waals surface area contributed by atoms with Crippen LogP contribution in [0.5, 0.6) is 0 Å². The Bertz CT molecular complexity index is 1770. The minimum Gasteiger partial charge on any atom is -0.466 e. The van der Waals surface area contributed by atoms with Gasteiger partial charge < -0.3 is 25.0 Å². The van der Waals surface area contributed by atoms with Crippen molar-refractivity contribution in [1.82, 2.24) is 25.3 Å². The summed E-state index contributed by atoms with van der Waals surface area (Å²) in [7, 11) is 0. The number of fused-ring (bicyclic) bond motifs is 1. The van der Waals surface area contributed by atoms with E-state index in [1.54, 1.807) is 66.8 Å². The fraction of sp³-hybridized carbons (Fsp3) is 0.500. The fourth-order valence-corrected chi connectivity index (χ4v) is 6.33. The molecule has 1 aromatic heterocycles. The molecule has 0 saturated carbocycles. The number of aryl methyl sites for hydroxylation is 3. The normalized spacial score (nSPS) is 14.1. The summed E-state index contributed by atoms with van der Waals surface area (Å²) in [6.45, 7) is 16.4. The second-order valence-corrected chi connectivity index (χ2v) is 14.5. The van der Waals surface area contributed by atoms with Crippen molar-refractivity contribution < 1.29 is 37.4 Å². The summed E-state index contributed by atoms with van der Waals surface area (Å²) >= 11 is 0. The first kappa shape index (κ1) is 39.0. The summed E-state index contributed by atoms with van der Waals surface area (Å²) in [5.41, 5.74) is 3.50. The zero-order valence-electron chi connectivity index (χ0n) is 30.9. The maximum absolute atomic E-state index is 16.0. The number of rotatable bonds is 10. The Kier molecular flexibility index (Phi) is 12.3. The Morgan fingerprint density at radius 3 is 2.25 bits per heavy atom. The standard InChI is InChI=1S/C38H49F2N5O6/c1-10-50-32(46)18-29(28-17-26(14-24(6)34(28)40)33-22(4)15-27(39)16-23(33)5)42-35(47)30(13-21(2)3)43-36(48)45-31-20-44(12-11-25(31)19-41-45)37(49)51-38(7,8)9/h14-17,19,21,29-30H,10-13,18,20H2,1-9H3,(H,42,47)(H,43,48)/t29-,30-/m0/s1. The van der Waals surface area contributed by atoms with Crippen LogP contribution in [-0.2, 0) is 32.0 Å². The quantitative estimate of drug-likeness (QED) is 0.221. The van der Waals surface area contributed by atoms with Crippen LogP contribution in [0.1, 0.15) is 93.9 Å². The lowest BCUT2D eigenvalue weighted by Crippen LogP contribution is -2.50. The zero-order chi connectivity index (χ0) is 37.8. The van der Waals surface area contributed by atoms with Gasteiger partial charge in [0.05, 0.1) is 37.5 Å². The molecule has 2 heterocycles. The van der Waals surface area contributed by atoms with Crippen molar-refractivity contribution in [1.29, 1.82) is 0 Å². The van der Waals surface area contributed by atoms with Gasteiger partial charge in [-0.2, -0.15) is 9.78 Å². The topological polar surface area (TPSA) is 132 Å². The van der Waals surface area contributed by atoms with Gasteiger partial charge in [-0.1, -0.05) is 13.8 Å². The highest BCUT2D eigenvalue weighted by Crippen LogP contribution is 2.34. The van der Waals surface area contributed by atoms with Crippen LogP contribution in [-0.4, -0.2) is 63.5 Å². The molecule has 0 bridgehead atoms. The van der Waals surface area contributed by atoms with Gasteiger partial charge in [0.1, 0.15) is 23.3 Å². The SMILES string of the molecule is CCOC(=O)C[C@H](NC(=O)[C@H](CC(C)C)NC(=O)n1ncc2c1CN(C(=O)OC(C)(C)C)CC2)c1cc(-c2c(C)cc(F)cc2C)cc(C)c1F. The maximum Gasteiger partial charge on any atom is 0.410 e. The van der Waals surface area contributed by atoms with Crippen molar-refractivity contribution in [2.24, 2.45) is 5.92 Å². The van der Waals surface area contributed by atoms with Gasteiger partial charge in [0, 0.05) is 12.1 Å². The van der Waals surface area contributed by atoms with Crippen molar-refractivity contribution in [2.45, 2.75) is 106 Å². The number of aromatic nitrogens is 2. The molecule has 0 saturated heterocycles. The van der Waals surface area contributed by atoms with Crippen LogP contribution in [0.15, 0.2) is 30.5 Å². The minimum absolute atomic E-state index is 0.0486. The van der Waals surface area contributed by atoms with Crippen LogP contribution in [0.2, 0.25) is 0 Å². The number of hydrogen-bond donors (Lipinski definition) is 2. The van der Waals surface area contributed by atoms with Crippen molar-refractivity contribution in [2.75, 3.05) is 13.2 Å². The van der Waals surface area contributed by atoms with Crippen molar-refractivity contribution >= 4 is 24.0 Å². The first-order chi connectivity index (χ1) is 23.9. The van der Waals surface area contributed by atoms with E-state index in [4.69, 9.17) is 9.47 Å². The summed E-state index contributed by atoms with van der Waals surface area (Å²) in [5, 5.41) is 9.85. The molecule has 0 aliphatic carbocycles. The van der Waals surface area contributed by atoms with E-state index in [9.17, 15) is 23.6 Å². The molecule has 51 heavy (non-hydrogen) atoms. The van der Waals surface area contributed by atoms with Crippen LogP contribution < -0.4 is 10.6 Å². The number of ether oxygens (including phenoxy) is 2. The highest BCUT2D eigenvalue weighted by molar-refractivity contribution is 5.88. The molecule has 2 N–H and O–H groups in total. The predicted octanol–water partition coefficient (Wildman–Crippen LogP) is 6.83. The lowest BCUT2D eigenvalue weighted by Gasteiger charge is -2.30. The molecule has 1 aliphatic rings. The molecule has 276 valence electrons. The molecule has 3 amide bonds. The number of halogens is 2. The summed E-state index contributed by atoms with van der Waals surface area (Å²) < 4.78 is 42.0. The molecular formula is C38H49F2N5O6. The third kappa shape index (κ3) is 9.71. The first-order valence-electron chi connectivity index (χ1n) is 17.3. The Hall–Kier alpha value is -4.81. The lowest BCUT2D eigenvalue weighted by atomic mass is 9.90. The van der Waals surface area contributed by atoms with Crippen LogP contribution in [0, 0.1) is 38.3 Å². The molecule has 4 rings (SSSR count). The number of nitrogens with one attached hydrogen (secondary N) is 2. The van der Waals surface area contributed by atoms with E-state index in [1.807, 2.05) is 13.8 Å². The molecule has 0 spiro atoms. The van der Waals surface area contributed by atoms with Crippen molar-refractivity contribution in [3.05, 3.63) is 75.6 Å². The van der Waals surface area contributed by atoms with Gasteiger partial charge in [-0.3, -0.25) is 9.59 Å². The third-order valence-corrected chi connectivity index (χ3v) is 8.55. The summed E-state index contributed by atoms with van der Waals surface area (Å²) in [6.07, 6.45) is 1.36. The number of carbonyl (C=O) groups excluding carboxylic acids is 4. The van der Waals surface area contributed by atoms with Gasteiger partial charge >= 0.3 is 18.1 Å². The molecule has 3 aromatic rings. The van der Waals surface area contributed by atoms with E-state index < -0.39 is 53.3 Å². The number of nitrogens with zero attached hydrogens (tertiary/aromatic N) is 3. The minimum atomic E-state index is -1.16. The van der Waals surface area contributed by atoms with Gasteiger partial charge in [0.15, 0.2) is 0 Å². The number of carbonyl (C=O) groups is 4. The van der Waals surface area contributed by atoms with Crippen LogP contribution >= 0.6 is 0 Å². The molecule has 11 nitrogen and oxygen atoms in total. The number of esters is 1. The Morgan fingerprint density at radius 1 is 0.980 bits per heavy atom. The summed E-state index contributed by atoms with van der Waals surface area (Å²) in [6, 6.07) is 3.04. The van der Waals surface area contributed by atoms with Crippen molar-refractivity contribution in [3.63, 3.8) is 0 Å². The summed E-state index contributed by atoms with van der Waals surface area (Å²) in [4.78, 5) is 54.8. The van der Waals surface area contributed by atoms with Gasteiger partial charge in [-0.05, 0) is 125 Å². The Labute approximate surface area is 298 Å². The first-order valence-corrected chi connectivity index (χ1v) is 17.3. The monoisotopic (exact) mass is 709 g/mol. The van der Waals surface area contributed by atoms with Gasteiger partial charge in [-0.25, -0.2) is 18.4 Å². The number of hydrogen-bond acceptors (Lipinski definition) is 7. The third-order valence-electron chi connectivity index (χ3n) is 8.55. The van der Waals surface area contributed by atoms with Gasteiger partial charge in [0.2, 0.25) is 5.91 Å². The average molecular weight is 710 g/mol. The highest BCUT2D eigenvalue weighted by atomic mass is 19.1. The second kappa shape index (κ2) is 16.0. The predicted molar refractivity (Wildman–Crippen MR) is 188 cm³/mol. The van der Waals surface area contributed by atoms with Crippen LogP contribution in [0.25, 0.3) is 11.1 Å². The number of benzene rings is 2. The molecule has 2 aromatic carbocycles. The smallest absolute Gasteiger partial charge is 0.410 e. The molecule has 2 atom stereocenters. The zero-order valence-corrected chi connectivity index (χ0v) is 30.9. The lowest BCUT2D eigenvalue weighted by molar-refractivity contribution is -0.143. The van der Waals surface area contributed by atoms with Crippen LogP contribution in [0.4, 0.5) is 18.4 Å². The molecular weight excluding hydrogens is 660 g/mol. The van der Waals surface area contributed by atoms with Crippen LogP contribution in [0.3, 0.4) is 0 Å². The van der Waals surface area contributed by atoms with E-state index in [2.05, 4.69) is 15.7 Å². The van der Waals surface area contributed by atoms with E-state index in [0.717, 1.165) is 10.2 Å². The molecule has 0 unspecified atom stereocenters. The van der Waals surface area contributed by atoms with E-state index in [1.165, 1.54) is 17.0 Å². The van der Waals surface area contributed by atoms with E-state index in [0.29, 0.717) is 40.9 Å². The molecule has 13 heteroatoms. The van der Waals surface area contributed by atoms with Gasteiger partial charge in [0.25, 0.3) is 0 Å². The highest BCUT2D eigenvalue weighted by Gasteiger charge is 2.32. The molecule has 0 radical (unpaired) electrons. The Balaban J connectivity index is 1.64. The second-order valence-electron chi connectivity index (χ2n) is 14.5. The van der Waals surface area contributed by atoms with Gasteiger partial charge in [-0.15, -0.1) is 0 Å². The summed E-state index contributed by atoms with van der Waals surface area (Å²) in [5.74, 6) is -2.35.